The van der Waals surface area contributed by atoms with Gasteiger partial charge in [0.05, 0.1) is 17.0 Å². The lowest BCUT2D eigenvalue weighted by Gasteiger charge is -2.18. The molecule has 1 N–H and O–H groups in total. The van der Waals surface area contributed by atoms with Crippen LogP contribution in [0, 0.1) is 0 Å². The van der Waals surface area contributed by atoms with Crippen molar-refractivity contribution in [3.8, 4) is 0 Å². The molecule has 0 aliphatic heterocycles. The molecule has 0 atom stereocenters. The summed E-state index contributed by atoms with van der Waals surface area (Å²) in [6.45, 7) is -0.441. The lowest BCUT2D eigenvalue weighted by atomic mass is 10.2. The molecule has 10 heteroatoms. The number of hydrogen-bond acceptors (Lipinski definition) is 3. The molecule has 0 bridgehead atoms. The van der Waals surface area contributed by atoms with Gasteiger partial charge in [-0.05, 0) is 29.8 Å². The van der Waals surface area contributed by atoms with Crippen LogP contribution in [0.15, 0.2) is 53.4 Å². The minimum Gasteiger partial charge on any atom is -0.340 e. The number of amides is 1. The van der Waals surface area contributed by atoms with Crippen molar-refractivity contribution in [2.45, 2.75) is 17.6 Å². The number of halogens is 4. The van der Waals surface area contributed by atoms with E-state index in [4.69, 9.17) is 11.6 Å². The Hall–Kier alpha value is -2.10. The predicted molar refractivity (Wildman–Crippen MR) is 94.6 cm³/mol. The van der Waals surface area contributed by atoms with Gasteiger partial charge < -0.3 is 4.90 Å². The van der Waals surface area contributed by atoms with Crippen molar-refractivity contribution in [2.75, 3.05) is 13.6 Å². The maximum atomic E-state index is 12.7. The Kier molecular flexibility index (Phi) is 6.50. The van der Waals surface area contributed by atoms with E-state index in [9.17, 15) is 26.4 Å². The Morgan fingerprint density at radius 2 is 1.81 bits per heavy atom. The monoisotopic (exact) mass is 420 g/mol. The Morgan fingerprint density at radius 1 is 1.15 bits per heavy atom. The van der Waals surface area contributed by atoms with E-state index in [1.807, 2.05) is 4.72 Å². The second-order valence-corrected chi connectivity index (χ2v) is 7.87. The molecule has 0 aliphatic carbocycles. The fraction of sp³-hybridized carbons (Fsp3) is 0.235. The van der Waals surface area contributed by atoms with E-state index in [2.05, 4.69) is 0 Å². The smallest absolute Gasteiger partial charge is 0.340 e. The minimum atomic E-state index is -4.67. The van der Waals surface area contributed by atoms with Gasteiger partial charge in [0.15, 0.2) is 0 Å². The number of nitrogens with zero attached hydrogens (tertiary/aromatic N) is 1. The van der Waals surface area contributed by atoms with Gasteiger partial charge in [-0.25, -0.2) is 13.1 Å². The molecule has 27 heavy (non-hydrogen) atoms. The molecule has 0 spiro atoms. The van der Waals surface area contributed by atoms with E-state index in [0.29, 0.717) is 16.7 Å². The highest BCUT2D eigenvalue weighted by molar-refractivity contribution is 7.89. The molecule has 0 fully saturated rings. The minimum absolute atomic E-state index is 0.157. The largest absolute Gasteiger partial charge is 0.416 e. The Balaban J connectivity index is 2.04. The van der Waals surface area contributed by atoms with Crippen LogP contribution in [0.25, 0.3) is 0 Å². The van der Waals surface area contributed by atoms with Crippen LogP contribution in [0.4, 0.5) is 13.2 Å². The van der Waals surface area contributed by atoms with Gasteiger partial charge in [-0.15, -0.1) is 0 Å². The fourth-order valence-electron chi connectivity index (χ4n) is 2.18. The average molecular weight is 421 g/mol. The number of carbonyl (C=O) groups excluding carboxylic acids is 1. The van der Waals surface area contributed by atoms with E-state index in [1.54, 1.807) is 24.3 Å². The number of hydrogen-bond donors (Lipinski definition) is 1. The van der Waals surface area contributed by atoms with Crippen molar-refractivity contribution in [3.63, 3.8) is 0 Å². The SMILES string of the molecule is CN(Cc1ccccc1Cl)C(=O)CNS(=O)(=O)c1cccc(C(F)(F)F)c1. The van der Waals surface area contributed by atoms with E-state index in [1.165, 1.54) is 11.9 Å². The van der Waals surface area contributed by atoms with Crippen LogP contribution in [-0.4, -0.2) is 32.8 Å². The number of carbonyl (C=O) groups is 1. The zero-order chi connectivity index (χ0) is 20.2. The molecule has 0 saturated heterocycles. The highest BCUT2D eigenvalue weighted by Crippen LogP contribution is 2.30. The third kappa shape index (κ3) is 5.69. The molecule has 5 nitrogen and oxygen atoms in total. The molecular weight excluding hydrogens is 405 g/mol. The molecule has 2 aromatic rings. The topological polar surface area (TPSA) is 66.5 Å². The number of benzene rings is 2. The number of rotatable bonds is 6. The molecule has 2 rings (SSSR count). The lowest BCUT2D eigenvalue weighted by molar-refractivity contribution is -0.137. The van der Waals surface area contributed by atoms with Crippen LogP contribution in [0.1, 0.15) is 11.1 Å². The van der Waals surface area contributed by atoms with Crippen LogP contribution < -0.4 is 4.72 Å². The first kappa shape index (κ1) is 21.2. The van der Waals surface area contributed by atoms with Gasteiger partial charge in [0.1, 0.15) is 0 Å². The van der Waals surface area contributed by atoms with Gasteiger partial charge in [-0.3, -0.25) is 4.79 Å². The van der Waals surface area contributed by atoms with Crippen LogP contribution in [0.2, 0.25) is 5.02 Å². The second-order valence-electron chi connectivity index (χ2n) is 5.69. The third-order valence-corrected chi connectivity index (χ3v) is 5.44. The summed E-state index contributed by atoms with van der Waals surface area (Å²) in [7, 11) is -2.81. The summed E-state index contributed by atoms with van der Waals surface area (Å²) in [5, 5.41) is 0.460. The Bertz CT molecular complexity index is 933. The van der Waals surface area contributed by atoms with Crippen molar-refractivity contribution in [1.29, 1.82) is 0 Å². The molecule has 0 unspecified atom stereocenters. The molecule has 0 aliphatic rings. The highest BCUT2D eigenvalue weighted by atomic mass is 35.5. The molecule has 0 radical (unpaired) electrons. The molecule has 0 heterocycles. The zero-order valence-corrected chi connectivity index (χ0v) is 15.7. The number of alkyl halides is 3. The molecule has 0 aromatic heterocycles. The Morgan fingerprint density at radius 3 is 2.44 bits per heavy atom. The first-order valence-corrected chi connectivity index (χ1v) is 9.51. The summed E-state index contributed by atoms with van der Waals surface area (Å²) >= 11 is 6.01. The van der Waals surface area contributed by atoms with Gasteiger partial charge in [0, 0.05) is 18.6 Å². The number of likely N-dealkylation sites (N-methyl/N-ethyl adjacent to an activating group) is 1. The van der Waals surface area contributed by atoms with Crippen molar-refractivity contribution >= 4 is 27.5 Å². The summed E-state index contributed by atoms with van der Waals surface area (Å²) in [6.07, 6.45) is -4.67. The van der Waals surface area contributed by atoms with Crippen LogP contribution in [-0.2, 0) is 27.5 Å². The van der Waals surface area contributed by atoms with E-state index in [0.717, 1.165) is 18.2 Å². The third-order valence-electron chi connectivity index (χ3n) is 3.68. The fourth-order valence-corrected chi connectivity index (χ4v) is 3.40. The summed E-state index contributed by atoms with van der Waals surface area (Å²) in [5.41, 5.74) is -0.414. The maximum Gasteiger partial charge on any atom is 0.416 e. The van der Waals surface area contributed by atoms with Crippen LogP contribution in [0.3, 0.4) is 0 Å². The molecule has 2 aromatic carbocycles. The lowest BCUT2D eigenvalue weighted by Crippen LogP contribution is -2.37. The van der Waals surface area contributed by atoms with Gasteiger partial charge >= 0.3 is 6.18 Å². The molecule has 146 valence electrons. The van der Waals surface area contributed by atoms with Gasteiger partial charge in [-0.1, -0.05) is 35.9 Å². The average Bonchev–Trinajstić information content (AvgIpc) is 2.61. The van der Waals surface area contributed by atoms with Crippen LogP contribution >= 0.6 is 11.6 Å². The summed E-state index contributed by atoms with van der Waals surface area (Å²) in [6, 6.07) is 10.2. The van der Waals surface area contributed by atoms with Gasteiger partial charge in [-0.2, -0.15) is 13.2 Å². The van der Waals surface area contributed by atoms with E-state index < -0.39 is 39.1 Å². The number of nitrogens with one attached hydrogen (secondary N) is 1. The molecule has 1 amide bonds. The summed E-state index contributed by atoms with van der Waals surface area (Å²) in [5.74, 6) is -0.564. The highest BCUT2D eigenvalue weighted by Gasteiger charge is 2.31. The van der Waals surface area contributed by atoms with E-state index in [-0.39, 0.29) is 6.54 Å². The van der Waals surface area contributed by atoms with Gasteiger partial charge in [0.2, 0.25) is 15.9 Å². The first-order valence-electron chi connectivity index (χ1n) is 7.65. The standard InChI is InChI=1S/C17H16ClF3N2O3S/c1-23(11-12-5-2-3-8-15(12)18)16(24)10-22-27(25,26)14-7-4-6-13(9-14)17(19,20)21/h2-9,22H,10-11H2,1H3. The summed E-state index contributed by atoms with van der Waals surface area (Å²) < 4.78 is 64.6. The maximum absolute atomic E-state index is 12.7. The van der Waals surface area contributed by atoms with Crippen molar-refractivity contribution in [3.05, 3.63) is 64.7 Å². The van der Waals surface area contributed by atoms with Crippen molar-refractivity contribution < 1.29 is 26.4 Å². The summed E-state index contributed by atoms with van der Waals surface area (Å²) in [4.78, 5) is 12.8. The van der Waals surface area contributed by atoms with Crippen molar-refractivity contribution in [2.24, 2.45) is 0 Å². The van der Waals surface area contributed by atoms with Crippen LogP contribution in [0.5, 0.6) is 0 Å². The predicted octanol–water partition coefficient (Wildman–Crippen LogP) is 3.30. The number of sulfonamides is 1. The van der Waals surface area contributed by atoms with Gasteiger partial charge in [0.25, 0.3) is 0 Å². The molecule has 0 saturated carbocycles. The Labute approximate surface area is 159 Å². The second kappa shape index (κ2) is 8.28. The first-order chi connectivity index (χ1) is 12.5. The quantitative estimate of drug-likeness (QED) is 0.779. The van der Waals surface area contributed by atoms with Crippen molar-refractivity contribution in [1.82, 2.24) is 9.62 Å². The normalized spacial score (nSPS) is 12.0. The van der Waals surface area contributed by atoms with E-state index >= 15 is 0 Å². The zero-order valence-electron chi connectivity index (χ0n) is 14.1. The molecular formula is C17H16ClF3N2O3S.